The largest absolute Gasteiger partial charge is 0.496 e. The molecule has 0 fully saturated rings. The van der Waals surface area contributed by atoms with Crippen molar-refractivity contribution >= 4 is 21.6 Å². The van der Waals surface area contributed by atoms with Crippen molar-refractivity contribution in [1.29, 1.82) is 0 Å². The molecule has 0 bridgehead atoms. The number of carbonyl (C=O) groups excluding carboxylic acids is 1. The van der Waals surface area contributed by atoms with Crippen molar-refractivity contribution in [2.24, 2.45) is 0 Å². The summed E-state index contributed by atoms with van der Waals surface area (Å²) in [5.74, 6) is 0.163. The summed E-state index contributed by atoms with van der Waals surface area (Å²) in [6.45, 7) is 4.14. The van der Waals surface area contributed by atoms with Crippen LogP contribution < -0.4 is 14.4 Å². The van der Waals surface area contributed by atoms with Gasteiger partial charge in [0.15, 0.2) is 0 Å². The number of ether oxygens (including phenoxy) is 1. The lowest BCUT2D eigenvalue weighted by molar-refractivity contribution is 0.0952. The predicted octanol–water partition coefficient (Wildman–Crippen LogP) is 2.51. The monoisotopic (exact) mass is 376 g/mol. The molecule has 26 heavy (non-hydrogen) atoms. The lowest BCUT2D eigenvalue weighted by Crippen LogP contribution is -2.38. The number of benzene rings is 2. The molecule has 0 aliphatic carbocycles. The molecule has 0 aliphatic heterocycles. The Morgan fingerprint density at radius 1 is 1.12 bits per heavy atom. The molecule has 0 saturated carbocycles. The second-order valence-corrected chi connectivity index (χ2v) is 7.92. The third-order valence-electron chi connectivity index (χ3n) is 4.20. The third-order valence-corrected chi connectivity index (χ3v) is 5.38. The molecule has 0 atom stereocenters. The number of rotatable bonds is 7. The molecule has 1 N–H and O–H groups in total. The first-order valence-corrected chi connectivity index (χ1v) is 10.1. The molecular formula is C19H24N2O4S. The summed E-state index contributed by atoms with van der Waals surface area (Å²) in [4.78, 5) is 12.4. The number of hydrogen-bond acceptors (Lipinski definition) is 4. The molecule has 7 heteroatoms. The van der Waals surface area contributed by atoms with Gasteiger partial charge in [0.05, 0.1) is 31.2 Å². The van der Waals surface area contributed by atoms with Gasteiger partial charge in [0, 0.05) is 6.54 Å². The molecule has 0 radical (unpaired) electrons. The van der Waals surface area contributed by atoms with Crippen LogP contribution in [-0.4, -0.2) is 40.8 Å². The fourth-order valence-corrected chi connectivity index (χ4v) is 3.65. The molecule has 6 nitrogen and oxygen atoms in total. The Bertz CT molecular complexity index is 894. The van der Waals surface area contributed by atoms with Gasteiger partial charge in [0.1, 0.15) is 5.75 Å². The van der Waals surface area contributed by atoms with Crippen LogP contribution in [-0.2, 0) is 10.0 Å². The van der Waals surface area contributed by atoms with Crippen LogP contribution >= 0.6 is 0 Å². The molecule has 0 heterocycles. The highest BCUT2D eigenvalue weighted by molar-refractivity contribution is 7.92. The molecule has 0 unspecified atom stereocenters. The van der Waals surface area contributed by atoms with Gasteiger partial charge in [-0.3, -0.25) is 9.10 Å². The highest BCUT2D eigenvalue weighted by Crippen LogP contribution is 2.24. The van der Waals surface area contributed by atoms with E-state index in [1.165, 1.54) is 11.4 Å². The standard InChI is InChI=1S/C19H24N2O4S/c1-14-8-7-10-17(15(14)2)21(26(4,23)24)13-12-20-19(22)16-9-5-6-11-18(16)25-3/h5-11H,12-13H2,1-4H3,(H,20,22). The molecule has 2 aromatic carbocycles. The fourth-order valence-electron chi connectivity index (χ4n) is 2.67. The van der Waals surface area contributed by atoms with Crippen LogP contribution in [0.5, 0.6) is 5.75 Å². The second kappa shape index (κ2) is 8.23. The van der Waals surface area contributed by atoms with Gasteiger partial charge in [0.25, 0.3) is 5.91 Å². The zero-order chi connectivity index (χ0) is 19.3. The van der Waals surface area contributed by atoms with Crippen molar-refractivity contribution < 1.29 is 17.9 Å². The number of sulfonamides is 1. The number of amides is 1. The third kappa shape index (κ3) is 4.54. The molecule has 0 aliphatic rings. The van der Waals surface area contributed by atoms with Gasteiger partial charge in [-0.2, -0.15) is 0 Å². The van der Waals surface area contributed by atoms with Crippen LogP contribution in [0.1, 0.15) is 21.5 Å². The second-order valence-electron chi connectivity index (χ2n) is 6.01. The minimum atomic E-state index is -3.48. The van der Waals surface area contributed by atoms with Gasteiger partial charge in [-0.15, -0.1) is 0 Å². The molecule has 2 aromatic rings. The van der Waals surface area contributed by atoms with E-state index in [0.717, 1.165) is 17.4 Å². The zero-order valence-corrected chi connectivity index (χ0v) is 16.3. The van der Waals surface area contributed by atoms with Crippen LogP contribution in [0.3, 0.4) is 0 Å². The smallest absolute Gasteiger partial charge is 0.255 e. The Hall–Kier alpha value is -2.54. The van der Waals surface area contributed by atoms with Crippen molar-refractivity contribution in [3.05, 3.63) is 59.2 Å². The normalized spacial score (nSPS) is 11.1. The first-order valence-electron chi connectivity index (χ1n) is 8.21. The maximum Gasteiger partial charge on any atom is 0.255 e. The van der Waals surface area contributed by atoms with Gasteiger partial charge in [0.2, 0.25) is 10.0 Å². The Morgan fingerprint density at radius 2 is 1.81 bits per heavy atom. The summed E-state index contributed by atoms with van der Waals surface area (Å²) in [6.07, 6.45) is 1.16. The average molecular weight is 376 g/mol. The van der Waals surface area contributed by atoms with E-state index in [-0.39, 0.29) is 19.0 Å². The minimum absolute atomic E-state index is 0.143. The summed E-state index contributed by atoms with van der Waals surface area (Å²) in [6, 6.07) is 12.4. The van der Waals surface area contributed by atoms with Crippen molar-refractivity contribution in [1.82, 2.24) is 5.32 Å². The number of methoxy groups -OCH3 is 1. The highest BCUT2D eigenvalue weighted by Gasteiger charge is 2.20. The van der Waals surface area contributed by atoms with Gasteiger partial charge >= 0.3 is 0 Å². The van der Waals surface area contributed by atoms with Gasteiger partial charge in [-0.25, -0.2) is 8.42 Å². The summed E-state index contributed by atoms with van der Waals surface area (Å²) in [5, 5.41) is 2.76. The number of nitrogens with zero attached hydrogens (tertiary/aromatic N) is 1. The van der Waals surface area contributed by atoms with E-state index in [2.05, 4.69) is 5.32 Å². The maximum atomic E-state index is 12.4. The Morgan fingerprint density at radius 3 is 2.46 bits per heavy atom. The lowest BCUT2D eigenvalue weighted by Gasteiger charge is -2.25. The molecule has 140 valence electrons. The van der Waals surface area contributed by atoms with E-state index in [0.29, 0.717) is 17.0 Å². The van der Waals surface area contributed by atoms with Crippen molar-refractivity contribution in [2.75, 3.05) is 30.8 Å². The van der Waals surface area contributed by atoms with Gasteiger partial charge in [-0.1, -0.05) is 24.3 Å². The highest BCUT2D eigenvalue weighted by atomic mass is 32.2. The van der Waals surface area contributed by atoms with E-state index in [1.54, 1.807) is 30.3 Å². The van der Waals surface area contributed by atoms with Gasteiger partial charge < -0.3 is 10.1 Å². The Balaban J connectivity index is 2.14. The first kappa shape index (κ1) is 19.8. The zero-order valence-electron chi connectivity index (χ0n) is 15.4. The number of para-hydroxylation sites is 1. The summed E-state index contributed by atoms with van der Waals surface area (Å²) in [5.41, 5.74) is 2.94. The Labute approximate surface area is 154 Å². The number of anilines is 1. The van der Waals surface area contributed by atoms with E-state index >= 15 is 0 Å². The van der Waals surface area contributed by atoms with Crippen molar-refractivity contribution in [2.45, 2.75) is 13.8 Å². The van der Waals surface area contributed by atoms with Crippen LogP contribution in [0.2, 0.25) is 0 Å². The number of aryl methyl sites for hydroxylation is 1. The molecule has 0 spiro atoms. The van der Waals surface area contributed by atoms with E-state index < -0.39 is 10.0 Å². The fraction of sp³-hybridized carbons (Fsp3) is 0.316. The molecular weight excluding hydrogens is 352 g/mol. The molecule has 2 rings (SSSR count). The molecule has 0 saturated heterocycles. The quantitative estimate of drug-likeness (QED) is 0.806. The van der Waals surface area contributed by atoms with E-state index in [1.807, 2.05) is 26.0 Å². The van der Waals surface area contributed by atoms with E-state index in [4.69, 9.17) is 4.74 Å². The summed E-state index contributed by atoms with van der Waals surface area (Å²) >= 11 is 0. The van der Waals surface area contributed by atoms with Crippen LogP contribution in [0.4, 0.5) is 5.69 Å². The van der Waals surface area contributed by atoms with E-state index in [9.17, 15) is 13.2 Å². The number of nitrogens with one attached hydrogen (secondary N) is 1. The SMILES string of the molecule is COc1ccccc1C(=O)NCCN(c1cccc(C)c1C)S(C)(=O)=O. The van der Waals surface area contributed by atoms with Gasteiger partial charge in [-0.05, 0) is 43.2 Å². The lowest BCUT2D eigenvalue weighted by atomic mass is 10.1. The average Bonchev–Trinajstić information content (AvgIpc) is 2.60. The van der Waals surface area contributed by atoms with Crippen LogP contribution in [0, 0.1) is 13.8 Å². The van der Waals surface area contributed by atoms with Crippen LogP contribution in [0.25, 0.3) is 0 Å². The topological polar surface area (TPSA) is 75.7 Å². The summed E-state index contributed by atoms with van der Waals surface area (Å²) < 4.78 is 31.0. The minimum Gasteiger partial charge on any atom is -0.496 e. The summed E-state index contributed by atoms with van der Waals surface area (Å²) in [7, 11) is -1.98. The maximum absolute atomic E-state index is 12.4. The number of hydrogen-bond donors (Lipinski definition) is 1. The van der Waals surface area contributed by atoms with Crippen molar-refractivity contribution in [3.8, 4) is 5.75 Å². The molecule has 0 aromatic heterocycles. The van der Waals surface area contributed by atoms with Crippen LogP contribution in [0.15, 0.2) is 42.5 Å². The van der Waals surface area contributed by atoms with Crippen molar-refractivity contribution in [3.63, 3.8) is 0 Å². The number of carbonyl (C=O) groups is 1. The molecule has 1 amide bonds. The first-order chi connectivity index (χ1) is 12.3. The Kier molecular flexibility index (Phi) is 6.26. The predicted molar refractivity (Wildman–Crippen MR) is 103 cm³/mol.